The van der Waals surface area contributed by atoms with Crippen molar-refractivity contribution < 1.29 is 8.78 Å². The van der Waals surface area contributed by atoms with Gasteiger partial charge >= 0.3 is 0 Å². The molecule has 0 spiro atoms. The Hall–Kier alpha value is -3.20. The predicted octanol–water partition coefficient (Wildman–Crippen LogP) is 6.09. The molecule has 122 valence electrons. The van der Waals surface area contributed by atoms with Gasteiger partial charge in [-0.25, -0.2) is 8.78 Å². The SMILES string of the molecule is Fc1cccc(-c2cc(-c3cccc(F)c3)n(-c3ccccc3)c2)c1. The van der Waals surface area contributed by atoms with Gasteiger partial charge in [0.15, 0.2) is 0 Å². The zero-order chi connectivity index (χ0) is 17.2. The molecule has 0 saturated heterocycles. The third kappa shape index (κ3) is 3.09. The van der Waals surface area contributed by atoms with Gasteiger partial charge in [-0.2, -0.15) is 0 Å². The van der Waals surface area contributed by atoms with Crippen LogP contribution in [0.2, 0.25) is 0 Å². The van der Waals surface area contributed by atoms with E-state index >= 15 is 0 Å². The molecule has 25 heavy (non-hydrogen) atoms. The lowest BCUT2D eigenvalue weighted by molar-refractivity contribution is 0.628. The summed E-state index contributed by atoms with van der Waals surface area (Å²) in [6.45, 7) is 0. The first-order chi connectivity index (χ1) is 12.2. The van der Waals surface area contributed by atoms with Crippen LogP contribution in [0, 0.1) is 11.6 Å². The minimum absolute atomic E-state index is 0.280. The van der Waals surface area contributed by atoms with Crippen LogP contribution in [0.1, 0.15) is 0 Å². The lowest BCUT2D eigenvalue weighted by Gasteiger charge is -2.09. The molecular formula is C22H15F2N. The second-order valence-corrected chi connectivity index (χ2v) is 5.84. The van der Waals surface area contributed by atoms with E-state index in [9.17, 15) is 8.78 Å². The molecule has 0 fully saturated rings. The maximum absolute atomic E-state index is 13.7. The van der Waals surface area contributed by atoms with Crippen LogP contribution in [0.4, 0.5) is 8.78 Å². The summed E-state index contributed by atoms with van der Waals surface area (Å²) in [5.41, 5.74) is 4.25. The van der Waals surface area contributed by atoms with Gasteiger partial charge in [-0.05, 0) is 48.0 Å². The predicted molar refractivity (Wildman–Crippen MR) is 96.6 cm³/mol. The molecule has 0 radical (unpaired) electrons. The topological polar surface area (TPSA) is 4.93 Å². The first-order valence-corrected chi connectivity index (χ1v) is 8.00. The van der Waals surface area contributed by atoms with Crippen LogP contribution >= 0.6 is 0 Å². The zero-order valence-electron chi connectivity index (χ0n) is 13.4. The second-order valence-electron chi connectivity index (χ2n) is 5.84. The van der Waals surface area contributed by atoms with E-state index in [1.54, 1.807) is 12.1 Å². The number of nitrogens with zero attached hydrogens (tertiary/aromatic N) is 1. The third-order valence-corrected chi connectivity index (χ3v) is 4.13. The van der Waals surface area contributed by atoms with Gasteiger partial charge in [0.1, 0.15) is 11.6 Å². The maximum Gasteiger partial charge on any atom is 0.123 e. The van der Waals surface area contributed by atoms with Crippen molar-refractivity contribution in [2.45, 2.75) is 0 Å². The maximum atomic E-state index is 13.7. The van der Waals surface area contributed by atoms with Crippen molar-refractivity contribution in [2.75, 3.05) is 0 Å². The molecule has 0 amide bonds. The van der Waals surface area contributed by atoms with Crippen molar-refractivity contribution >= 4 is 0 Å². The van der Waals surface area contributed by atoms with Gasteiger partial charge in [0.05, 0.1) is 5.69 Å². The van der Waals surface area contributed by atoms with E-state index in [-0.39, 0.29) is 11.6 Å². The van der Waals surface area contributed by atoms with Gasteiger partial charge < -0.3 is 4.57 Å². The number of aromatic nitrogens is 1. The van der Waals surface area contributed by atoms with E-state index in [0.29, 0.717) is 0 Å². The number of hydrogen-bond donors (Lipinski definition) is 0. The molecule has 0 aliphatic rings. The largest absolute Gasteiger partial charge is 0.316 e. The normalized spacial score (nSPS) is 10.8. The van der Waals surface area contributed by atoms with E-state index in [0.717, 1.165) is 28.1 Å². The first-order valence-electron chi connectivity index (χ1n) is 8.00. The van der Waals surface area contributed by atoms with Gasteiger partial charge in [-0.1, -0.05) is 42.5 Å². The van der Waals surface area contributed by atoms with Crippen molar-refractivity contribution in [3.05, 3.63) is 103 Å². The van der Waals surface area contributed by atoms with Gasteiger partial charge in [-0.15, -0.1) is 0 Å². The standard InChI is InChI=1S/C22H15F2N/c23-19-8-4-6-16(12-19)18-14-22(17-7-5-9-20(24)13-17)25(15-18)21-10-2-1-3-11-21/h1-15H. The number of benzene rings is 3. The van der Waals surface area contributed by atoms with Crippen LogP contribution in [-0.4, -0.2) is 4.57 Å². The minimum atomic E-state index is -0.286. The molecule has 3 aromatic carbocycles. The lowest BCUT2D eigenvalue weighted by atomic mass is 10.1. The average molecular weight is 331 g/mol. The summed E-state index contributed by atoms with van der Waals surface area (Å²) >= 11 is 0. The molecule has 0 bridgehead atoms. The zero-order valence-corrected chi connectivity index (χ0v) is 13.4. The van der Waals surface area contributed by atoms with E-state index in [4.69, 9.17) is 0 Å². The second kappa shape index (κ2) is 6.36. The molecule has 0 atom stereocenters. The quantitative estimate of drug-likeness (QED) is 0.428. The average Bonchev–Trinajstić information content (AvgIpc) is 3.08. The summed E-state index contributed by atoms with van der Waals surface area (Å²) in [6, 6.07) is 24.7. The number of rotatable bonds is 3. The number of hydrogen-bond acceptors (Lipinski definition) is 0. The summed E-state index contributed by atoms with van der Waals surface area (Å²) in [4.78, 5) is 0. The van der Waals surface area contributed by atoms with Crippen LogP contribution in [-0.2, 0) is 0 Å². The van der Waals surface area contributed by atoms with E-state index < -0.39 is 0 Å². The Bertz CT molecular complexity index is 1020. The summed E-state index contributed by atoms with van der Waals surface area (Å²) in [7, 11) is 0. The van der Waals surface area contributed by atoms with Crippen molar-refractivity contribution in [2.24, 2.45) is 0 Å². The molecule has 0 aliphatic carbocycles. The molecule has 0 aliphatic heterocycles. The van der Waals surface area contributed by atoms with E-state index in [1.165, 1.54) is 24.3 Å². The lowest BCUT2D eigenvalue weighted by Crippen LogP contribution is -1.94. The van der Waals surface area contributed by atoms with Gasteiger partial charge in [-0.3, -0.25) is 0 Å². The molecule has 1 heterocycles. The van der Waals surface area contributed by atoms with Crippen molar-refractivity contribution in [1.82, 2.24) is 4.57 Å². The fourth-order valence-corrected chi connectivity index (χ4v) is 2.96. The molecular weight excluding hydrogens is 316 g/mol. The van der Waals surface area contributed by atoms with Crippen molar-refractivity contribution in [3.8, 4) is 28.1 Å². The molecule has 3 heteroatoms. The Morgan fingerprint density at radius 3 is 1.88 bits per heavy atom. The van der Waals surface area contributed by atoms with Crippen LogP contribution < -0.4 is 0 Å². The highest BCUT2D eigenvalue weighted by molar-refractivity contribution is 5.74. The Morgan fingerprint density at radius 1 is 0.560 bits per heavy atom. The molecule has 0 saturated carbocycles. The third-order valence-electron chi connectivity index (χ3n) is 4.13. The summed E-state index contributed by atoms with van der Waals surface area (Å²) < 4.78 is 29.3. The van der Waals surface area contributed by atoms with Crippen molar-refractivity contribution in [1.29, 1.82) is 0 Å². The minimum Gasteiger partial charge on any atom is -0.316 e. The Labute approximate surface area is 144 Å². The molecule has 4 aromatic rings. The first kappa shape index (κ1) is 15.3. The summed E-state index contributed by atoms with van der Waals surface area (Å²) in [6.07, 6.45) is 1.95. The molecule has 0 N–H and O–H groups in total. The highest BCUT2D eigenvalue weighted by atomic mass is 19.1. The van der Waals surface area contributed by atoms with Crippen molar-refractivity contribution in [3.63, 3.8) is 0 Å². The highest BCUT2D eigenvalue weighted by Crippen LogP contribution is 2.31. The van der Waals surface area contributed by atoms with Crippen LogP contribution in [0.3, 0.4) is 0 Å². The summed E-state index contributed by atoms with van der Waals surface area (Å²) in [5, 5.41) is 0. The summed E-state index contributed by atoms with van der Waals surface area (Å²) in [5.74, 6) is -0.567. The van der Waals surface area contributed by atoms with Gasteiger partial charge in [0.25, 0.3) is 0 Å². The molecule has 4 rings (SSSR count). The Kier molecular flexibility index (Phi) is 3.90. The van der Waals surface area contributed by atoms with Gasteiger partial charge in [0.2, 0.25) is 0 Å². The van der Waals surface area contributed by atoms with E-state index in [1.807, 2.05) is 59.3 Å². The van der Waals surface area contributed by atoms with Crippen LogP contribution in [0.25, 0.3) is 28.1 Å². The fraction of sp³-hybridized carbons (Fsp3) is 0. The number of halogens is 2. The fourth-order valence-electron chi connectivity index (χ4n) is 2.96. The molecule has 1 nitrogen and oxygen atoms in total. The smallest absolute Gasteiger partial charge is 0.123 e. The highest BCUT2D eigenvalue weighted by Gasteiger charge is 2.12. The van der Waals surface area contributed by atoms with Crippen LogP contribution in [0.15, 0.2) is 91.1 Å². The molecule has 0 unspecified atom stereocenters. The Morgan fingerprint density at radius 2 is 1.20 bits per heavy atom. The van der Waals surface area contributed by atoms with Crippen LogP contribution in [0.5, 0.6) is 0 Å². The Balaban J connectivity index is 1.92. The molecule has 1 aromatic heterocycles. The van der Waals surface area contributed by atoms with E-state index in [2.05, 4.69) is 0 Å². The number of para-hydroxylation sites is 1. The van der Waals surface area contributed by atoms with Gasteiger partial charge in [0, 0.05) is 23.0 Å². The monoisotopic (exact) mass is 331 g/mol.